The molecule has 0 N–H and O–H groups in total. The molecule has 1 aliphatic rings. The largest absolute Gasteiger partial charge is 0.455 e. The summed E-state index contributed by atoms with van der Waals surface area (Å²) in [6.45, 7) is 4.79. The highest BCUT2D eigenvalue weighted by Gasteiger charge is 2.38. The molecule has 0 aliphatic heterocycles. The van der Waals surface area contributed by atoms with E-state index in [4.69, 9.17) is 9.47 Å². The van der Waals surface area contributed by atoms with Gasteiger partial charge in [-0.1, -0.05) is 18.2 Å². The minimum Gasteiger partial charge on any atom is -0.455 e. The van der Waals surface area contributed by atoms with E-state index in [2.05, 4.69) is 18.8 Å². The van der Waals surface area contributed by atoms with E-state index in [9.17, 15) is 0 Å². The highest BCUT2D eigenvalue weighted by Crippen LogP contribution is 2.42. The van der Waals surface area contributed by atoms with Crippen LogP contribution in [0.2, 0.25) is 0 Å². The summed E-state index contributed by atoms with van der Waals surface area (Å²) in [5.74, 6) is 2.25. The first kappa shape index (κ1) is 14.1. The number of para-hydroxylation sites is 1. The minimum absolute atomic E-state index is 0.0818. The quantitative estimate of drug-likeness (QED) is 0.777. The molecule has 3 rings (SSSR count). The summed E-state index contributed by atoms with van der Waals surface area (Å²) in [6, 6.07) is 13.6. The molecule has 110 valence electrons. The van der Waals surface area contributed by atoms with E-state index in [1.165, 1.54) is 12.8 Å². The first-order valence-corrected chi connectivity index (χ1v) is 7.46. The van der Waals surface area contributed by atoms with Gasteiger partial charge in [0, 0.05) is 6.20 Å². The number of ether oxygens (including phenoxy) is 2. The predicted molar refractivity (Wildman–Crippen MR) is 82.3 cm³/mol. The first-order valence-electron chi connectivity index (χ1n) is 7.46. The summed E-state index contributed by atoms with van der Waals surface area (Å²) in [5.41, 5.74) is 0.761. The molecule has 0 bridgehead atoms. The molecule has 0 unspecified atom stereocenters. The van der Waals surface area contributed by atoms with Crippen LogP contribution in [-0.2, 0) is 11.3 Å². The Morgan fingerprint density at radius 1 is 1.10 bits per heavy atom. The zero-order valence-corrected chi connectivity index (χ0v) is 12.6. The van der Waals surface area contributed by atoms with Gasteiger partial charge in [-0.2, -0.15) is 0 Å². The number of aromatic nitrogens is 1. The van der Waals surface area contributed by atoms with Crippen molar-refractivity contribution in [3.8, 4) is 11.5 Å². The van der Waals surface area contributed by atoms with Crippen LogP contribution in [0.15, 0.2) is 48.7 Å². The van der Waals surface area contributed by atoms with Crippen LogP contribution >= 0.6 is 0 Å². The van der Waals surface area contributed by atoms with Crippen molar-refractivity contribution in [3.05, 3.63) is 54.4 Å². The summed E-state index contributed by atoms with van der Waals surface area (Å²) in [6.07, 6.45) is 4.31. The standard InChI is InChI=1S/C18H21NO2/c1-18(2,14-10-11-14)20-13-16-17(9-6-12-19-16)21-15-7-4-3-5-8-15/h3-9,12,14H,10-11,13H2,1-2H3. The van der Waals surface area contributed by atoms with Crippen LogP contribution < -0.4 is 4.74 Å². The van der Waals surface area contributed by atoms with Gasteiger partial charge in [0.1, 0.15) is 11.4 Å². The van der Waals surface area contributed by atoms with Crippen LogP contribution in [0.4, 0.5) is 0 Å². The van der Waals surface area contributed by atoms with Crippen molar-refractivity contribution in [1.82, 2.24) is 4.98 Å². The van der Waals surface area contributed by atoms with Gasteiger partial charge in [0.15, 0.2) is 5.75 Å². The summed E-state index contributed by atoms with van der Waals surface area (Å²) in [4.78, 5) is 4.41. The minimum atomic E-state index is -0.0818. The molecule has 0 saturated heterocycles. The summed E-state index contributed by atoms with van der Waals surface area (Å²) >= 11 is 0. The van der Waals surface area contributed by atoms with Crippen molar-refractivity contribution in [2.24, 2.45) is 5.92 Å². The molecular formula is C18H21NO2. The Kier molecular flexibility index (Phi) is 3.93. The third-order valence-corrected chi connectivity index (χ3v) is 3.96. The molecule has 21 heavy (non-hydrogen) atoms. The zero-order valence-electron chi connectivity index (χ0n) is 12.6. The molecule has 1 heterocycles. The van der Waals surface area contributed by atoms with Crippen LogP contribution in [-0.4, -0.2) is 10.6 Å². The Labute approximate surface area is 125 Å². The number of hydrogen-bond donors (Lipinski definition) is 0. The molecule has 1 aromatic heterocycles. The molecule has 0 radical (unpaired) electrons. The predicted octanol–water partition coefficient (Wildman–Crippen LogP) is 4.58. The number of pyridine rings is 1. The molecule has 1 aromatic carbocycles. The molecular weight excluding hydrogens is 262 g/mol. The van der Waals surface area contributed by atoms with E-state index in [0.29, 0.717) is 12.5 Å². The van der Waals surface area contributed by atoms with Crippen molar-refractivity contribution in [3.63, 3.8) is 0 Å². The maximum absolute atomic E-state index is 6.08. The lowest BCUT2D eigenvalue weighted by atomic mass is 10.0. The fourth-order valence-corrected chi connectivity index (χ4v) is 2.39. The zero-order chi connectivity index (χ0) is 14.7. The lowest BCUT2D eigenvalue weighted by Gasteiger charge is -2.25. The van der Waals surface area contributed by atoms with E-state index in [-0.39, 0.29) is 5.60 Å². The first-order chi connectivity index (χ1) is 10.1. The van der Waals surface area contributed by atoms with Crippen LogP contribution in [0, 0.1) is 5.92 Å². The van der Waals surface area contributed by atoms with Crippen LogP contribution in [0.5, 0.6) is 11.5 Å². The molecule has 0 spiro atoms. The number of nitrogens with zero attached hydrogens (tertiary/aromatic N) is 1. The highest BCUT2D eigenvalue weighted by molar-refractivity contribution is 5.33. The second kappa shape index (κ2) is 5.86. The summed E-state index contributed by atoms with van der Waals surface area (Å²) < 4.78 is 12.0. The summed E-state index contributed by atoms with van der Waals surface area (Å²) in [5, 5.41) is 0. The Hall–Kier alpha value is -1.87. The van der Waals surface area contributed by atoms with Crippen LogP contribution in [0.3, 0.4) is 0 Å². The second-order valence-electron chi connectivity index (χ2n) is 6.03. The summed E-state index contributed by atoms with van der Waals surface area (Å²) in [7, 11) is 0. The number of hydrogen-bond acceptors (Lipinski definition) is 3. The van der Waals surface area contributed by atoms with Gasteiger partial charge in [0.25, 0.3) is 0 Å². The van der Waals surface area contributed by atoms with Crippen molar-refractivity contribution in [2.75, 3.05) is 0 Å². The molecule has 1 saturated carbocycles. The fraction of sp³-hybridized carbons (Fsp3) is 0.389. The van der Waals surface area contributed by atoms with Gasteiger partial charge in [0.05, 0.1) is 12.2 Å². The maximum Gasteiger partial charge on any atom is 0.151 e. The van der Waals surface area contributed by atoms with Gasteiger partial charge in [-0.3, -0.25) is 4.98 Å². The van der Waals surface area contributed by atoms with E-state index in [0.717, 1.165) is 17.2 Å². The normalized spacial score (nSPS) is 15.0. The Balaban J connectivity index is 1.70. The van der Waals surface area contributed by atoms with Crippen LogP contribution in [0.25, 0.3) is 0 Å². The van der Waals surface area contributed by atoms with Gasteiger partial charge < -0.3 is 9.47 Å². The third-order valence-electron chi connectivity index (χ3n) is 3.96. The smallest absolute Gasteiger partial charge is 0.151 e. The molecule has 3 nitrogen and oxygen atoms in total. The second-order valence-corrected chi connectivity index (χ2v) is 6.03. The van der Waals surface area contributed by atoms with E-state index in [1.807, 2.05) is 42.5 Å². The van der Waals surface area contributed by atoms with Crippen molar-refractivity contribution in [1.29, 1.82) is 0 Å². The number of benzene rings is 1. The Bertz CT molecular complexity index is 591. The van der Waals surface area contributed by atoms with Crippen LogP contribution in [0.1, 0.15) is 32.4 Å². The Morgan fingerprint density at radius 2 is 1.86 bits per heavy atom. The number of rotatable bonds is 6. The average Bonchev–Trinajstić information content (AvgIpc) is 3.33. The monoisotopic (exact) mass is 283 g/mol. The SMILES string of the molecule is CC(C)(OCc1ncccc1Oc1ccccc1)C1CC1. The van der Waals surface area contributed by atoms with Gasteiger partial charge in [0.2, 0.25) is 0 Å². The topological polar surface area (TPSA) is 31.4 Å². The lowest BCUT2D eigenvalue weighted by molar-refractivity contribution is -0.0470. The highest BCUT2D eigenvalue weighted by atomic mass is 16.5. The molecule has 1 fully saturated rings. The molecule has 1 aliphatic carbocycles. The third kappa shape index (κ3) is 3.61. The average molecular weight is 283 g/mol. The van der Waals surface area contributed by atoms with Crippen molar-refractivity contribution < 1.29 is 9.47 Å². The molecule has 0 amide bonds. The molecule has 2 aromatic rings. The van der Waals surface area contributed by atoms with Gasteiger partial charge in [-0.05, 0) is 56.9 Å². The lowest BCUT2D eigenvalue weighted by Crippen LogP contribution is -2.27. The fourth-order valence-electron chi connectivity index (χ4n) is 2.39. The molecule has 3 heteroatoms. The van der Waals surface area contributed by atoms with E-state index < -0.39 is 0 Å². The van der Waals surface area contributed by atoms with Crippen molar-refractivity contribution in [2.45, 2.75) is 38.9 Å². The van der Waals surface area contributed by atoms with Gasteiger partial charge >= 0.3 is 0 Å². The van der Waals surface area contributed by atoms with E-state index in [1.54, 1.807) is 6.20 Å². The molecule has 0 atom stereocenters. The van der Waals surface area contributed by atoms with Crippen molar-refractivity contribution >= 4 is 0 Å². The maximum atomic E-state index is 6.08. The van der Waals surface area contributed by atoms with E-state index >= 15 is 0 Å². The van der Waals surface area contributed by atoms with Gasteiger partial charge in [-0.25, -0.2) is 0 Å². The Morgan fingerprint density at radius 3 is 2.57 bits per heavy atom. The van der Waals surface area contributed by atoms with Gasteiger partial charge in [-0.15, -0.1) is 0 Å².